The highest BCUT2D eigenvalue weighted by molar-refractivity contribution is 7.94. The van der Waals surface area contributed by atoms with Crippen molar-refractivity contribution >= 4 is 145 Å². The zero-order chi connectivity index (χ0) is 89.8. The third-order valence-electron chi connectivity index (χ3n) is 21.8. The van der Waals surface area contributed by atoms with Crippen LogP contribution < -0.4 is 52.3 Å². The zero-order valence-corrected chi connectivity index (χ0v) is 68.2. The number of anilines is 5. The number of imidazole rings is 2. The van der Waals surface area contributed by atoms with Gasteiger partial charge in [0.25, 0.3) is 5.95 Å². The van der Waals surface area contributed by atoms with Gasteiger partial charge in [-0.25, -0.2) is 61.9 Å². The van der Waals surface area contributed by atoms with Crippen molar-refractivity contribution < 1.29 is 142 Å². The molecule has 670 valence electrons. The van der Waals surface area contributed by atoms with E-state index < -0.39 is 199 Å². The lowest BCUT2D eigenvalue weighted by molar-refractivity contribution is -0.145. The lowest BCUT2D eigenvalue weighted by atomic mass is 9.78. The average Bonchev–Trinajstić information content (AvgIpc) is 1.65. The van der Waals surface area contributed by atoms with Crippen molar-refractivity contribution in [3.63, 3.8) is 0 Å². The van der Waals surface area contributed by atoms with Crippen LogP contribution in [0, 0.1) is 29.6 Å². The third-order valence-corrected chi connectivity index (χ3v) is 30.5. The lowest BCUT2D eigenvalue weighted by Crippen LogP contribution is -2.51. The van der Waals surface area contributed by atoms with Crippen LogP contribution in [0.25, 0.3) is 0 Å². The van der Waals surface area contributed by atoms with Crippen molar-refractivity contribution in [3.05, 3.63) is 37.4 Å². The Labute approximate surface area is 687 Å². The number of carboxylic acids is 5. The largest absolute Gasteiger partial charge is 0.480 e. The van der Waals surface area contributed by atoms with Crippen molar-refractivity contribution in [2.75, 3.05) is 23.6 Å². The van der Waals surface area contributed by atoms with Gasteiger partial charge in [0.1, 0.15) is 39.8 Å². The first-order valence-corrected chi connectivity index (χ1v) is 44.9. The number of nitrogens with one attached hydrogen (secondary N) is 10. The van der Waals surface area contributed by atoms with Gasteiger partial charge in [0, 0.05) is 12.4 Å². The van der Waals surface area contributed by atoms with E-state index in [0.717, 1.165) is 6.33 Å². The summed E-state index contributed by atoms with van der Waals surface area (Å²) in [6.07, 6.45) is 10.5. The van der Waals surface area contributed by atoms with E-state index in [1.165, 1.54) is 31.1 Å². The van der Waals surface area contributed by atoms with E-state index in [1.54, 1.807) is 0 Å². The number of aliphatic carboxylic acids is 5. The number of nitrogens with two attached hydrogens (primary N) is 5. The molecule has 35 N–H and O–H groups in total. The van der Waals surface area contributed by atoms with E-state index in [0.29, 0.717) is 44.9 Å². The molecular weight excluding hydrogens is 1700 g/mol. The highest BCUT2D eigenvalue weighted by Gasteiger charge is 2.58. The smallest absolute Gasteiger partial charge is 0.451 e. The third kappa shape index (κ3) is 27.5. The number of aromatic nitrogens is 14. The molecule has 0 amide bonds. The second-order valence-corrected chi connectivity index (χ2v) is 39.9. The summed E-state index contributed by atoms with van der Waals surface area (Å²) in [6, 6.07) is 0. The topological polar surface area (TPSA) is 945 Å². The molecule has 120 heavy (non-hydrogen) atoms. The number of aromatic amines is 5. The minimum atomic E-state index is -3.94. The number of hydrogen-bond donors (Lipinski definition) is 30. The predicted molar refractivity (Wildman–Crippen MR) is 423 cm³/mol. The van der Waals surface area contributed by atoms with Gasteiger partial charge in [0.05, 0.1) is 45.0 Å². The Kier molecular flexibility index (Phi) is 35.6. The van der Waals surface area contributed by atoms with Crippen LogP contribution in [-0.4, -0.2) is 308 Å². The molecule has 5 aliphatic rings. The molecule has 64 heteroatoms. The molecule has 0 radical (unpaired) electrons. The maximum atomic E-state index is 12.5. The van der Waals surface area contributed by atoms with Gasteiger partial charge in [-0.3, -0.25) is 42.9 Å². The number of sulfonamides is 5. The molecule has 5 aliphatic carbocycles. The maximum absolute atomic E-state index is 12.5. The molecule has 54 nitrogen and oxygen atoms in total. The van der Waals surface area contributed by atoms with Crippen molar-refractivity contribution in [2.45, 2.75) is 214 Å². The van der Waals surface area contributed by atoms with Crippen LogP contribution in [0.4, 0.5) is 29.5 Å². The van der Waals surface area contributed by atoms with E-state index in [2.05, 4.69) is 94.8 Å². The monoisotopic (exact) mass is 1800 g/mol. The first-order valence-electron chi connectivity index (χ1n) is 37.2. The summed E-state index contributed by atoms with van der Waals surface area (Å²) in [7, 11) is -26.8. The van der Waals surface area contributed by atoms with Crippen molar-refractivity contribution in [2.24, 2.45) is 58.3 Å². The number of hydrogen-bond acceptors (Lipinski definition) is 39. The van der Waals surface area contributed by atoms with Crippen LogP contribution in [0.1, 0.15) is 128 Å². The molecule has 15 atom stereocenters. The SMILES string of the molecule is N[C@@]1(C(=O)O)CC(S(=O)(=O)Nc2cn[nH]n2)C[C@@H]1CCCB(O)O.N[C@@]1(C(=O)O)CC(S(=O)(=O)Nc2cnc[nH]2)C[C@@H]1CCCB(O)O.N[C@@]1(C(=O)O)CC(S(=O)(=O)Nc2ncc[nH]2)C[C@@H]1CCCB(O)O.N[C@@]1(C(=O)O)CC(S(=O)(=O)Nc2ncn[nH]2)C[C@@H]1CCCB(O)O.N[C@@]1(C(=O)O)CC(S(=O)(=O)Nc2nn[nH]n2)C[C@@H]1CCCB(O)O. The normalized spacial score (nSPS) is 27.1. The Balaban J connectivity index is 0.000000233. The number of tetrazole rings is 1. The highest BCUT2D eigenvalue weighted by Crippen LogP contribution is 2.46. The van der Waals surface area contributed by atoms with Crippen molar-refractivity contribution in [1.29, 1.82) is 0 Å². The van der Waals surface area contributed by atoms with Gasteiger partial charge in [0.2, 0.25) is 62.0 Å². The van der Waals surface area contributed by atoms with Crippen LogP contribution in [0.2, 0.25) is 31.6 Å². The zero-order valence-electron chi connectivity index (χ0n) is 64.1. The molecule has 0 bridgehead atoms. The summed E-state index contributed by atoms with van der Waals surface area (Å²) in [4.78, 5) is 74.2. The van der Waals surface area contributed by atoms with Gasteiger partial charge in [-0.1, -0.05) is 37.2 Å². The van der Waals surface area contributed by atoms with Gasteiger partial charge in [-0.15, -0.1) is 10.2 Å². The second-order valence-electron chi connectivity index (χ2n) is 30.1. The molecule has 5 aromatic heterocycles. The van der Waals surface area contributed by atoms with Crippen LogP contribution in [0.15, 0.2) is 37.4 Å². The highest BCUT2D eigenvalue weighted by atomic mass is 32.2. The number of rotatable bonds is 40. The van der Waals surface area contributed by atoms with Gasteiger partial charge in [-0.2, -0.15) is 25.6 Å². The molecular formula is C56H101B5N24O30S5. The summed E-state index contributed by atoms with van der Waals surface area (Å²) >= 11 is 0. The fourth-order valence-electron chi connectivity index (χ4n) is 15.3. The molecule has 10 rings (SSSR count). The van der Waals surface area contributed by atoms with E-state index >= 15 is 0 Å². The number of H-pyrrole nitrogens is 5. The summed E-state index contributed by atoms with van der Waals surface area (Å²) in [5.74, 6) is -9.30. The first kappa shape index (κ1) is 100. The van der Waals surface area contributed by atoms with E-state index in [4.69, 9.17) is 78.9 Å². The first-order chi connectivity index (χ1) is 55.7. The molecule has 5 fully saturated rings. The fraction of sp³-hybridized carbons (Fsp3) is 0.714. The molecule has 0 aromatic carbocycles. The number of nitrogens with zero attached hydrogens (tertiary/aromatic N) is 9. The molecule has 0 saturated heterocycles. The molecule has 5 heterocycles. The summed E-state index contributed by atoms with van der Waals surface area (Å²) in [5.41, 5.74) is 21.5. The fourth-order valence-corrected chi connectivity index (χ4v) is 23.0. The van der Waals surface area contributed by atoms with Crippen molar-refractivity contribution in [3.8, 4) is 0 Å². The molecule has 5 unspecified atom stereocenters. The Morgan fingerprint density at radius 3 is 1.02 bits per heavy atom. The quantitative estimate of drug-likeness (QED) is 0.0162. The number of carbonyl (C=O) groups is 5. The molecule has 5 saturated carbocycles. The number of carboxylic acid groups (broad SMARTS) is 5. The lowest BCUT2D eigenvalue weighted by Gasteiger charge is -2.26. The second kappa shape index (κ2) is 42.6. The Bertz CT molecular complexity index is 4020. The van der Waals surface area contributed by atoms with E-state index in [1.807, 2.05) is 0 Å². The molecule has 0 spiro atoms. The van der Waals surface area contributed by atoms with Crippen LogP contribution in [0.3, 0.4) is 0 Å². The molecule has 5 aromatic rings. The summed E-state index contributed by atoms with van der Waals surface area (Å²) in [5, 5.41) is 159. The van der Waals surface area contributed by atoms with Crippen LogP contribution >= 0.6 is 0 Å². The Morgan fingerprint density at radius 2 is 0.750 bits per heavy atom. The van der Waals surface area contributed by atoms with Gasteiger partial charge < -0.3 is 114 Å². The maximum Gasteiger partial charge on any atom is 0.451 e. The van der Waals surface area contributed by atoms with Gasteiger partial charge >= 0.3 is 65.4 Å². The average molecular weight is 1800 g/mol. The minimum Gasteiger partial charge on any atom is -0.480 e. The Morgan fingerprint density at radius 1 is 0.417 bits per heavy atom. The Hall–Kier alpha value is -8.41. The van der Waals surface area contributed by atoms with Crippen LogP contribution in [0.5, 0.6) is 0 Å². The van der Waals surface area contributed by atoms with E-state index in [9.17, 15) is 91.6 Å². The molecule has 0 aliphatic heterocycles. The van der Waals surface area contributed by atoms with Gasteiger partial charge in [0.15, 0.2) is 5.82 Å². The van der Waals surface area contributed by atoms with Crippen molar-refractivity contribution in [1.82, 2.24) is 71.2 Å². The van der Waals surface area contributed by atoms with Gasteiger partial charge in [-0.05, 0) is 163 Å². The van der Waals surface area contributed by atoms with Crippen LogP contribution in [-0.2, 0) is 74.1 Å². The summed E-state index contributed by atoms with van der Waals surface area (Å²) in [6.45, 7) is 0. The van der Waals surface area contributed by atoms with E-state index in [-0.39, 0.29) is 145 Å². The summed E-state index contributed by atoms with van der Waals surface area (Å²) < 4.78 is 135. The standard InChI is InChI=1S/2C12H21BN4O6S.2C11H20BN5O6S.C10H19BN6O6S/c14-12(11(18)19)5-9(4-8(12)2-1-3-13(20)21)24(22,23)17-10-6-15-7-16-10;14-12(10(18)19)7-9(6-8(12)2-1-3-13(20)21)24(22,23)17-11-15-4-5-16-11;13-11(9(18)19)5-8(4-7(11)2-1-3-12(20)21)24(22,23)17-10-14-6-15-16-10;13-11(10(18)19)5-8(4-7(11)2-1-3-12(20)21)24(22,23)16-9-6-14-17-15-9;12-10(8(18)19)5-7(4-6(10)2-1-3-11(20)21)24(22,23)15-9-13-16-17-14-9/h6-9,17,20-21H,1-5,14H2,(H,15,16)(H,18,19);4-5,8-9,20-21H,1-3,6-7,14H2,(H,18,19)(H2,15,16,17);2*6-8,20-21H,1-5,13H2,(H,18,19)(H2,14,15,16,17);6-7,20-21H,1-5,12H2,(H,18,19)(H2,13,14,15,16,17)/t2*8-,9?,12-;2*7-,8?,11-;6-,7?,10-/m00000/s1. The predicted octanol–water partition coefficient (Wildman–Crippen LogP) is -7.59. The minimum absolute atomic E-state index is 0.0137.